The van der Waals surface area contributed by atoms with Gasteiger partial charge in [0.2, 0.25) is 15.3 Å². The quantitative estimate of drug-likeness (QED) is 0.319. The standard InChI is InChI=1S/C14H17BrClN5O3S/c15-10-8-20-14(16)21-13(10)19-5-1-2-6-24-11-7-9(17)3-4-12(11)25(18,22)23/h3-4,7-8H,1-2,5-6,17H2,(H2,18,22,23)(H,19,20,21). The summed E-state index contributed by atoms with van der Waals surface area (Å²) in [5.41, 5.74) is 6.06. The van der Waals surface area contributed by atoms with Crippen molar-refractivity contribution in [2.75, 3.05) is 24.2 Å². The van der Waals surface area contributed by atoms with E-state index >= 15 is 0 Å². The van der Waals surface area contributed by atoms with Gasteiger partial charge in [0, 0.05) is 24.5 Å². The number of nitrogens with two attached hydrogens (primary N) is 2. The molecule has 0 saturated carbocycles. The summed E-state index contributed by atoms with van der Waals surface area (Å²) in [5, 5.41) is 8.45. The van der Waals surface area contributed by atoms with E-state index in [1.54, 1.807) is 6.20 Å². The van der Waals surface area contributed by atoms with Gasteiger partial charge in [0.15, 0.2) is 0 Å². The number of primary sulfonamides is 1. The minimum atomic E-state index is -3.87. The Morgan fingerprint density at radius 1 is 1.32 bits per heavy atom. The van der Waals surface area contributed by atoms with Gasteiger partial charge in [-0.05, 0) is 52.5 Å². The van der Waals surface area contributed by atoms with Crippen LogP contribution in [0.1, 0.15) is 12.8 Å². The number of benzene rings is 1. The number of nitrogens with zero attached hydrogens (tertiary/aromatic N) is 2. The van der Waals surface area contributed by atoms with Crippen molar-refractivity contribution in [3.05, 3.63) is 34.2 Å². The first-order chi connectivity index (χ1) is 11.8. The summed E-state index contributed by atoms with van der Waals surface area (Å²) in [4.78, 5) is 7.82. The van der Waals surface area contributed by atoms with Gasteiger partial charge in [-0.3, -0.25) is 0 Å². The summed E-state index contributed by atoms with van der Waals surface area (Å²) < 4.78 is 29.3. The van der Waals surface area contributed by atoms with E-state index in [0.29, 0.717) is 35.6 Å². The molecule has 0 fully saturated rings. The summed E-state index contributed by atoms with van der Waals surface area (Å²) in [6.07, 6.45) is 3.01. The fourth-order valence-electron chi connectivity index (χ4n) is 1.96. The van der Waals surface area contributed by atoms with Crippen molar-refractivity contribution in [3.8, 4) is 5.75 Å². The minimum absolute atomic E-state index is 0.0839. The van der Waals surface area contributed by atoms with Gasteiger partial charge in [-0.15, -0.1) is 0 Å². The van der Waals surface area contributed by atoms with Crippen LogP contribution in [0.3, 0.4) is 0 Å². The lowest BCUT2D eigenvalue weighted by Crippen LogP contribution is -2.14. The largest absolute Gasteiger partial charge is 0.492 e. The Kier molecular flexibility index (Phi) is 6.82. The average molecular weight is 451 g/mol. The van der Waals surface area contributed by atoms with Crippen molar-refractivity contribution < 1.29 is 13.2 Å². The van der Waals surface area contributed by atoms with E-state index < -0.39 is 10.0 Å². The van der Waals surface area contributed by atoms with Crippen LogP contribution in [0.15, 0.2) is 33.8 Å². The molecule has 0 aliphatic rings. The molecule has 0 unspecified atom stereocenters. The third-order valence-corrected chi connectivity index (χ3v) is 4.82. The van der Waals surface area contributed by atoms with Crippen LogP contribution in [0.2, 0.25) is 5.28 Å². The maximum atomic E-state index is 11.5. The first kappa shape index (κ1) is 19.7. The van der Waals surface area contributed by atoms with Gasteiger partial charge in [0.05, 0.1) is 11.1 Å². The number of hydrogen-bond donors (Lipinski definition) is 3. The minimum Gasteiger partial charge on any atom is -0.492 e. The van der Waals surface area contributed by atoms with E-state index in [4.69, 9.17) is 27.2 Å². The lowest BCUT2D eigenvalue weighted by Gasteiger charge is -2.11. The van der Waals surface area contributed by atoms with E-state index in [9.17, 15) is 8.42 Å². The molecule has 5 N–H and O–H groups in total. The fourth-order valence-corrected chi connectivity index (χ4v) is 3.08. The third-order valence-electron chi connectivity index (χ3n) is 3.11. The number of aromatic nitrogens is 2. The number of nitrogens with one attached hydrogen (secondary N) is 1. The third kappa shape index (κ3) is 5.99. The normalized spacial score (nSPS) is 11.3. The molecular weight excluding hydrogens is 434 g/mol. The number of unbranched alkanes of at least 4 members (excludes halogenated alkanes) is 1. The molecule has 136 valence electrons. The second kappa shape index (κ2) is 8.65. The molecule has 1 aromatic carbocycles. The lowest BCUT2D eigenvalue weighted by molar-refractivity contribution is 0.301. The number of hydrogen-bond acceptors (Lipinski definition) is 7. The Morgan fingerprint density at radius 3 is 2.80 bits per heavy atom. The number of sulfonamides is 1. The highest BCUT2D eigenvalue weighted by Gasteiger charge is 2.15. The van der Waals surface area contributed by atoms with Crippen LogP contribution in [0.5, 0.6) is 5.75 Å². The Balaban J connectivity index is 1.82. The predicted molar refractivity (Wildman–Crippen MR) is 100 cm³/mol. The van der Waals surface area contributed by atoms with Crippen molar-refractivity contribution in [1.82, 2.24) is 9.97 Å². The van der Waals surface area contributed by atoms with Crippen molar-refractivity contribution in [3.63, 3.8) is 0 Å². The number of ether oxygens (including phenoxy) is 1. The molecule has 1 aromatic heterocycles. The Hall–Kier alpha value is -1.62. The van der Waals surface area contributed by atoms with Gasteiger partial charge < -0.3 is 15.8 Å². The average Bonchev–Trinajstić information content (AvgIpc) is 2.52. The highest BCUT2D eigenvalue weighted by Crippen LogP contribution is 2.25. The van der Waals surface area contributed by atoms with Crippen LogP contribution in [-0.4, -0.2) is 31.5 Å². The SMILES string of the molecule is Nc1ccc(S(N)(=O)=O)c(OCCCCNc2nc(Cl)ncc2Br)c1. The summed E-state index contributed by atoms with van der Waals surface area (Å²) in [5.74, 6) is 0.758. The monoisotopic (exact) mass is 449 g/mol. The first-order valence-electron chi connectivity index (χ1n) is 7.24. The van der Waals surface area contributed by atoms with Crippen LogP contribution in [0, 0.1) is 0 Å². The van der Waals surface area contributed by atoms with Crippen LogP contribution >= 0.6 is 27.5 Å². The molecule has 0 spiro atoms. The molecule has 25 heavy (non-hydrogen) atoms. The zero-order chi connectivity index (χ0) is 18.4. The maximum Gasteiger partial charge on any atom is 0.241 e. The smallest absolute Gasteiger partial charge is 0.241 e. The molecule has 0 aliphatic carbocycles. The van der Waals surface area contributed by atoms with Gasteiger partial charge in [-0.1, -0.05) is 0 Å². The summed E-state index contributed by atoms with van der Waals surface area (Å²) >= 11 is 9.06. The van der Waals surface area contributed by atoms with Gasteiger partial charge in [0.1, 0.15) is 16.5 Å². The molecule has 0 bridgehead atoms. The highest BCUT2D eigenvalue weighted by atomic mass is 79.9. The summed E-state index contributed by atoms with van der Waals surface area (Å²) in [7, 11) is -3.87. The zero-order valence-corrected chi connectivity index (χ0v) is 16.2. The molecule has 0 saturated heterocycles. The predicted octanol–water partition coefficient (Wildman–Crippen LogP) is 2.39. The van der Waals surface area contributed by atoms with Crippen LogP contribution < -0.4 is 20.9 Å². The highest BCUT2D eigenvalue weighted by molar-refractivity contribution is 9.10. The van der Waals surface area contributed by atoms with E-state index in [1.807, 2.05) is 0 Å². The van der Waals surface area contributed by atoms with E-state index in [2.05, 4.69) is 31.2 Å². The van der Waals surface area contributed by atoms with Crippen molar-refractivity contribution in [2.24, 2.45) is 5.14 Å². The second-order valence-electron chi connectivity index (χ2n) is 5.07. The molecule has 8 nitrogen and oxygen atoms in total. The number of nitrogen functional groups attached to an aromatic ring is 1. The molecule has 0 atom stereocenters. The number of rotatable bonds is 8. The van der Waals surface area contributed by atoms with E-state index in [0.717, 1.165) is 6.42 Å². The molecule has 1 heterocycles. The second-order valence-corrected chi connectivity index (χ2v) is 7.79. The fraction of sp³-hybridized carbons (Fsp3) is 0.286. The first-order valence-corrected chi connectivity index (χ1v) is 9.96. The Labute approximate surface area is 159 Å². The number of anilines is 2. The molecule has 0 aliphatic heterocycles. The molecule has 0 amide bonds. The van der Waals surface area contributed by atoms with Gasteiger partial charge in [-0.25, -0.2) is 18.5 Å². The Morgan fingerprint density at radius 2 is 2.08 bits per heavy atom. The van der Waals surface area contributed by atoms with Crippen molar-refractivity contribution in [1.29, 1.82) is 0 Å². The topological polar surface area (TPSA) is 133 Å². The Bertz CT molecular complexity index is 850. The maximum absolute atomic E-state index is 11.5. The number of halogens is 2. The van der Waals surface area contributed by atoms with Crippen molar-refractivity contribution >= 4 is 49.1 Å². The molecule has 11 heteroatoms. The van der Waals surface area contributed by atoms with Crippen LogP contribution in [0.25, 0.3) is 0 Å². The summed E-state index contributed by atoms with van der Waals surface area (Å²) in [6.45, 7) is 0.952. The molecule has 0 radical (unpaired) electrons. The van der Waals surface area contributed by atoms with Gasteiger partial charge >= 0.3 is 0 Å². The molecule has 2 rings (SSSR count). The molecular formula is C14H17BrClN5O3S. The van der Waals surface area contributed by atoms with Gasteiger partial charge in [-0.2, -0.15) is 4.98 Å². The van der Waals surface area contributed by atoms with Crippen LogP contribution in [0.4, 0.5) is 11.5 Å². The zero-order valence-electron chi connectivity index (χ0n) is 13.1. The van der Waals surface area contributed by atoms with E-state index in [1.165, 1.54) is 18.2 Å². The summed E-state index contributed by atoms with van der Waals surface area (Å²) in [6, 6.07) is 4.23. The van der Waals surface area contributed by atoms with Crippen molar-refractivity contribution in [2.45, 2.75) is 17.7 Å². The lowest BCUT2D eigenvalue weighted by atomic mass is 10.3. The van der Waals surface area contributed by atoms with E-state index in [-0.39, 0.29) is 15.9 Å². The molecule has 2 aromatic rings. The van der Waals surface area contributed by atoms with Gasteiger partial charge in [0.25, 0.3) is 0 Å². The van der Waals surface area contributed by atoms with Crippen LogP contribution in [-0.2, 0) is 10.0 Å².